The number of carbonyl (C=O) groups is 1. The van der Waals surface area contributed by atoms with Crippen LogP contribution in [0.25, 0.3) is 17.1 Å². The summed E-state index contributed by atoms with van der Waals surface area (Å²) in [7, 11) is 1.57. The lowest BCUT2D eigenvalue weighted by atomic mass is 10.2. The molecule has 1 amide bonds. The molecule has 0 unspecified atom stereocenters. The topological polar surface area (TPSA) is 64.1 Å². The Balaban J connectivity index is 1.76. The first-order chi connectivity index (χ1) is 11.7. The fraction of sp³-hybridized carbons (Fsp3) is 0.105. The van der Waals surface area contributed by atoms with Crippen LogP contribution in [-0.4, -0.2) is 23.0 Å². The lowest BCUT2D eigenvalue weighted by Gasteiger charge is -2.09. The number of carbonyl (C=O) groups excluding carboxylic acids is 1. The average molecular weight is 319 g/mol. The minimum absolute atomic E-state index is 0.256. The molecule has 3 aromatic rings. The van der Waals surface area contributed by atoms with E-state index in [0.717, 1.165) is 16.6 Å². The summed E-state index contributed by atoms with van der Waals surface area (Å²) in [4.78, 5) is 20.9. The Morgan fingerprint density at radius 3 is 2.75 bits per heavy atom. The number of para-hydroxylation sites is 2. The predicted octanol–water partition coefficient (Wildman–Crippen LogP) is 3.60. The molecular formula is C19H17N3O2. The van der Waals surface area contributed by atoms with Gasteiger partial charge in [-0.15, -0.1) is 0 Å². The van der Waals surface area contributed by atoms with E-state index in [1.165, 1.54) is 6.08 Å². The van der Waals surface area contributed by atoms with Gasteiger partial charge in [-0.25, -0.2) is 4.98 Å². The van der Waals surface area contributed by atoms with Crippen LogP contribution < -0.4 is 10.1 Å². The van der Waals surface area contributed by atoms with Gasteiger partial charge in [0, 0.05) is 6.08 Å². The van der Waals surface area contributed by atoms with Gasteiger partial charge in [-0.2, -0.15) is 0 Å². The normalized spacial score (nSPS) is 10.9. The highest BCUT2D eigenvalue weighted by atomic mass is 16.5. The van der Waals surface area contributed by atoms with Crippen molar-refractivity contribution in [2.75, 3.05) is 12.4 Å². The zero-order valence-corrected chi connectivity index (χ0v) is 13.5. The van der Waals surface area contributed by atoms with Gasteiger partial charge in [0.2, 0.25) is 5.91 Å². The van der Waals surface area contributed by atoms with E-state index in [9.17, 15) is 4.79 Å². The van der Waals surface area contributed by atoms with Crippen molar-refractivity contribution >= 4 is 28.7 Å². The standard InChI is InChI=1S/C19H17N3O2/c1-13-7-9-18(24-2)17(11-13)22-19(23)10-8-14-12-20-15-5-3-4-6-16(15)21-14/h3-12H,1-2H3,(H,22,23)/b10-8+. The van der Waals surface area contributed by atoms with Crippen LogP contribution in [-0.2, 0) is 4.79 Å². The van der Waals surface area contributed by atoms with Crippen LogP contribution >= 0.6 is 0 Å². The summed E-state index contributed by atoms with van der Waals surface area (Å²) in [6.45, 7) is 1.95. The zero-order chi connectivity index (χ0) is 16.9. The fourth-order valence-electron chi connectivity index (χ4n) is 2.31. The van der Waals surface area contributed by atoms with Crippen molar-refractivity contribution in [2.24, 2.45) is 0 Å². The molecule has 24 heavy (non-hydrogen) atoms. The van der Waals surface area contributed by atoms with E-state index < -0.39 is 0 Å². The van der Waals surface area contributed by atoms with Gasteiger partial charge in [0.05, 0.1) is 35.7 Å². The third-order valence-electron chi connectivity index (χ3n) is 3.49. The molecule has 5 heteroatoms. The molecule has 0 aliphatic heterocycles. The minimum atomic E-state index is -0.256. The molecule has 1 N–H and O–H groups in total. The summed E-state index contributed by atoms with van der Waals surface area (Å²) in [5.41, 5.74) is 3.91. The molecule has 2 aromatic carbocycles. The molecule has 0 saturated carbocycles. The quantitative estimate of drug-likeness (QED) is 0.746. The lowest BCUT2D eigenvalue weighted by molar-refractivity contribution is -0.111. The predicted molar refractivity (Wildman–Crippen MR) is 94.9 cm³/mol. The maximum Gasteiger partial charge on any atom is 0.248 e. The maximum absolute atomic E-state index is 12.1. The molecule has 0 fully saturated rings. The number of methoxy groups -OCH3 is 1. The highest BCUT2D eigenvalue weighted by Crippen LogP contribution is 2.25. The Labute approximate surface area is 140 Å². The van der Waals surface area contributed by atoms with Crippen LogP contribution in [0.15, 0.2) is 54.7 Å². The van der Waals surface area contributed by atoms with E-state index >= 15 is 0 Å². The van der Waals surface area contributed by atoms with Gasteiger partial charge in [-0.3, -0.25) is 9.78 Å². The van der Waals surface area contributed by atoms with Gasteiger partial charge in [-0.1, -0.05) is 18.2 Å². The molecule has 0 radical (unpaired) electrons. The number of aromatic nitrogens is 2. The van der Waals surface area contributed by atoms with Crippen molar-refractivity contribution in [1.82, 2.24) is 9.97 Å². The molecular weight excluding hydrogens is 302 g/mol. The van der Waals surface area contributed by atoms with Crippen LogP contribution in [0.5, 0.6) is 5.75 Å². The fourth-order valence-corrected chi connectivity index (χ4v) is 2.31. The second-order valence-corrected chi connectivity index (χ2v) is 5.31. The van der Waals surface area contributed by atoms with Gasteiger partial charge in [0.1, 0.15) is 5.75 Å². The molecule has 3 rings (SSSR count). The van der Waals surface area contributed by atoms with Gasteiger partial charge >= 0.3 is 0 Å². The van der Waals surface area contributed by atoms with Gasteiger partial charge in [0.15, 0.2) is 0 Å². The summed E-state index contributed by atoms with van der Waals surface area (Å²) in [5.74, 6) is 0.363. The summed E-state index contributed by atoms with van der Waals surface area (Å²) < 4.78 is 5.25. The molecule has 0 atom stereocenters. The number of hydrogen-bond donors (Lipinski definition) is 1. The van der Waals surface area contributed by atoms with Crippen molar-refractivity contribution in [3.05, 3.63) is 66.0 Å². The molecule has 0 aliphatic carbocycles. The maximum atomic E-state index is 12.1. The highest BCUT2D eigenvalue weighted by molar-refractivity contribution is 6.02. The number of nitrogens with one attached hydrogen (secondary N) is 1. The van der Waals surface area contributed by atoms with Crippen LogP contribution in [0.4, 0.5) is 5.69 Å². The number of nitrogens with zero attached hydrogens (tertiary/aromatic N) is 2. The third-order valence-corrected chi connectivity index (χ3v) is 3.49. The largest absolute Gasteiger partial charge is 0.495 e. The Morgan fingerprint density at radius 1 is 1.17 bits per heavy atom. The monoisotopic (exact) mass is 319 g/mol. The number of anilines is 1. The van der Waals surface area contributed by atoms with Crippen LogP contribution in [0.3, 0.4) is 0 Å². The van der Waals surface area contributed by atoms with Gasteiger partial charge in [0.25, 0.3) is 0 Å². The minimum Gasteiger partial charge on any atom is -0.495 e. The summed E-state index contributed by atoms with van der Waals surface area (Å²) in [6, 6.07) is 13.2. The van der Waals surface area contributed by atoms with E-state index in [2.05, 4.69) is 15.3 Å². The van der Waals surface area contributed by atoms with E-state index in [-0.39, 0.29) is 5.91 Å². The first-order valence-corrected chi connectivity index (χ1v) is 7.51. The molecule has 0 spiro atoms. The Bertz CT molecular complexity index is 919. The van der Waals surface area contributed by atoms with Crippen LogP contribution in [0.1, 0.15) is 11.3 Å². The van der Waals surface area contributed by atoms with Crippen LogP contribution in [0.2, 0.25) is 0 Å². The number of aryl methyl sites for hydroxylation is 1. The number of hydrogen-bond acceptors (Lipinski definition) is 4. The second kappa shape index (κ2) is 6.91. The highest BCUT2D eigenvalue weighted by Gasteiger charge is 2.05. The molecule has 0 aliphatic rings. The zero-order valence-electron chi connectivity index (χ0n) is 13.5. The van der Waals surface area contributed by atoms with Crippen molar-refractivity contribution in [1.29, 1.82) is 0 Å². The SMILES string of the molecule is COc1ccc(C)cc1NC(=O)/C=C/c1cnc2ccccc2n1. The number of benzene rings is 2. The molecule has 0 saturated heterocycles. The summed E-state index contributed by atoms with van der Waals surface area (Å²) in [5, 5.41) is 2.81. The third kappa shape index (κ3) is 3.57. The van der Waals surface area contributed by atoms with E-state index in [1.807, 2.05) is 49.4 Å². The van der Waals surface area contributed by atoms with E-state index in [1.54, 1.807) is 19.4 Å². The number of rotatable bonds is 4. The van der Waals surface area contributed by atoms with Crippen molar-refractivity contribution in [2.45, 2.75) is 6.92 Å². The molecule has 1 heterocycles. The molecule has 120 valence electrons. The number of fused-ring (bicyclic) bond motifs is 1. The molecule has 0 bridgehead atoms. The Hall–Kier alpha value is -3.21. The Morgan fingerprint density at radius 2 is 1.96 bits per heavy atom. The van der Waals surface area contributed by atoms with Gasteiger partial charge < -0.3 is 10.1 Å². The summed E-state index contributed by atoms with van der Waals surface area (Å²) in [6.07, 6.45) is 4.71. The van der Waals surface area contributed by atoms with Crippen molar-refractivity contribution < 1.29 is 9.53 Å². The first kappa shape index (κ1) is 15.7. The lowest BCUT2D eigenvalue weighted by Crippen LogP contribution is -2.09. The first-order valence-electron chi connectivity index (χ1n) is 7.51. The average Bonchev–Trinajstić information content (AvgIpc) is 2.60. The van der Waals surface area contributed by atoms with Crippen molar-refractivity contribution in [3.8, 4) is 5.75 Å². The van der Waals surface area contributed by atoms with Crippen LogP contribution in [0, 0.1) is 6.92 Å². The van der Waals surface area contributed by atoms with Gasteiger partial charge in [-0.05, 0) is 42.8 Å². The number of amides is 1. The molecule has 5 nitrogen and oxygen atoms in total. The molecule has 1 aromatic heterocycles. The smallest absolute Gasteiger partial charge is 0.248 e. The van der Waals surface area contributed by atoms with Crippen molar-refractivity contribution in [3.63, 3.8) is 0 Å². The Kier molecular flexibility index (Phi) is 4.52. The second-order valence-electron chi connectivity index (χ2n) is 5.31. The van der Waals surface area contributed by atoms with E-state index in [0.29, 0.717) is 17.1 Å². The van der Waals surface area contributed by atoms with E-state index in [4.69, 9.17) is 4.74 Å². The number of ether oxygens (including phenoxy) is 1. The summed E-state index contributed by atoms with van der Waals surface area (Å²) >= 11 is 0.